The molecule has 2 aliphatic heterocycles. The van der Waals surface area contributed by atoms with Gasteiger partial charge in [-0.15, -0.1) is 0 Å². The van der Waals surface area contributed by atoms with Gasteiger partial charge in [0.2, 0.25) is 0 Å². The summed E-state index contributed by atoms with van der Waals surface area (Å²) < 4.78 is 0. The molecule has 2 aromatic rings. The number of rotatable bonds is 3. The van der Waals surface area contributed by atoms with E-state index in [0.29, 0.717) is 4.91 Å². The molecule has 0 spiro atoms. The highest BCUT2D eigenvalue weighted by Crippen LogP contribution is 2.34. The third-order valence-corrected chi connectivity index (χ3v) is 5.84. The van der Waals surface area contributed by atoms with E-state index in [4.69, 9.17) is 5.73 Å². The fraction of sp³-hybridized carbons (Fsp3) is 0.286. The Hall–Kier alpha value is -2.28. The zero-order valence-electron chi connectivity index (χ0n) is 15.0. The van der Waals surface area contributed by atoms with Crippen LogP contribution in [-0.4, -0.2) is 35.7 Å². The van der Waals surface area contributed by atoms with E-state index in [1.54, 1.807) is 0 Å². The van der Waals surface area contributed by atoms with Crippen LogP contribution >= 0.6 is 11.8 Å². The summed E-state index contributed by atoms with van der Waals surface area (Å²) in [6.07, 6.45) is 3.96. The maximum atomic E-state index is 12.0. The lowest BCUT2D eigenvalue weighted by atomic mass is 9.99. The Labute approximate surface area is 163 Å². The smallest absolute Gasteiger partial charge is 0.260 e. The number of benzene rings is 2. The van der Waals surface area contributed by atoms with Crippen LogP contribution in [0.4, 0.5) is 5.69 Å². The van der Waals surface area contributed by atoms with Gasteiger partial charge in [-0.25, -0.2) is 0 Å². The minimum atomic E-state index is -0.876. The number of thioether (sulfide) groups is 1. The van der Waals surface area contributed by atoms with E-state index in [1.165, 1.54) is 0 Å². The molecule has 0 bridgehead atoms. The van der Waals surface area contributed by atoms with Crippen molar-refractivity contribution >= 4 is 29.4 Å². The van der Waals surface area contributed by atoms with Gasteiger partial charge in [-0.3, -0.25) is 4.79 Å². The number of nitrogens with zero attached hydrogens (tertiary/aromatic N) is 1. The van der Waals surface area contributed by atoms with Crippen LogP contribution in [0.15, 0.2) is 53.4 Å². The first-order chi connectivity index (χ1) is 13.1. The van der Waals surface area contributed by atoms with Gasteiger partial charge in [0.05, 0.1) is 4.91 Å². The second-order valence-electron chi connectivity index (χ2n) is 6.94. The SMILES string of the molecule is N[C@@H]1CCCN(c2cc(-c3ccccc3)ccc2/C=C2\SC(O)NC2=O)C1. The number of nitrogens with two attached hydrogens (primary N) is 1. The van der Waals surface area contributed by atoms with Gasteiger partial charge in [-0.05, 0) is 41.7 Å². The molecule has 0 radical (unpaired) electrons. The molecule has 4 N–H and O–H groups in total. The van der Waals surface area contributed by atoms with Crippen LogP contribution in [0.25, 0.3) is 17.2 Å². The van der Waals surface area contributed by atoms with E-state index in [1.807, 2.05) is 30.3 Å². The first-order valence-corrected chi connectivity index (χ1v) is 10.1. The van der Waals surface area contributed by atoms with Crippen molar-refractivity contribution in [2.45, 2.75) is 24.4 Å². The molecule has 5 nitrogen and oxygen atoms in total. The first kappa shape index (κ1) is 18.1. The molecular weight excluding hydrogens is 358 g/mol. The van der Waals surface area contributed by atoms with Crippen molar-refractivity contribution in [1.29, 1.82) is 0 Å². The van der Waals surface area contributed by atoms with Gasteiger partial charge in [0, 0.05) is 24.8 Å². The van der Waals surface area contributed by atoms with Crippen LogP contribution in [0.1, 0.15) is 18.4 Å². The van der Waals surface area contributed by atoms with Gasteiger partial charge in [0.1, 0.15) is 0 Å². The van der Waals surface area contributed by atoms with Crippen molar-refractivity contribution in [3.05, 3.63) is 59.0 Å². The molecule has 0 aromatic heterocycles. The molecule has 6 heteroatoms. The zero-order valence-corrected chi connectivity index (χ0v) is 15.8. The monoisotopic (exact) mass is 381 g/mol. The molecule has 2 saturated heterocycles. The standard InChI is InChI=1S/C21H23N3O2S/c22-17-7-4-10-24(13-17)18-11-15(14-5-2-1-3-6-14)8-9-16(18)12-19-20(25)23-21(26)27-19/h1-3,5-6,8-9,11-12,17,21,26H,4,7,10,13,22H2,(H,23,25)/b19-12-/t17-,21?/m1/s1. The lowest BCUT2D eigenvalue weighted by Crippen LogP contribution is -2.43. The second-order valence-corrected chi connectivity index (χ2v) is 8.06. The molecule has 0 aliphatic carbocycles. The molecule has 2 aromatic carbocycles. The van der Waals surface area contributed by atoms with E-state index in [0.717, 1.165) is 60.1 Å². The summed E-state index contributed by atoms with van der Waals surface area (Å²) in [4.78, 5) is 14.9. The normalized spacial score (nSPS) is 24.3. The lowest BCUT2D eigenvalue weighted by Gasteiger charge is -2.34. The number of nitrogens with one attached hydrogen (secondary N) is 1. The Bertz CT molecular complexity index is 869. The average molecular weight is 382 g/mol. The van der Waals surface area contributed by atoms with Crippen LogP contribution < -0.4 is 16.0 Å². The van der Waals surface area contributed by atoms with Crippen molar-refractivity contribution < 1.29 is 9.90 Å². The first-order valence-electron chi connectivity index (χ1n) is 9.17. The number of amides is 1. The van der Waals surface area contributed by atoms with Gasteiger partial charge in [-0.1, -0.05) is 54.2 Å². The predicted molar refractivity (Wildman–Crippen MR) is 111 cm³/mol. The van der Waals surface area contributed by atoms with Crippen LogP contribution in [0.3, 0.4) is 0 Å². The van der Waals surface area contributed by atoms with Crippen molar-refractivity contribution in [2.24, 2.45) is 5.73 Å². The zero-order chi connectivity index (χ0) is 18.8. The molecule has 27 heavy (non-hydrogen) atoms. The number of carbonyl (C=O) groups excluding carboxylic acids is 1. The Morgan fingerprint density at radius 1 is 1.19 bits per heavy atom. The van der Waals surface area contributed by atoms with Gasteiger partial charge in [0.15, 0.2) is 5.56 Å². The van der Waals surface area contributed by atoms with Crippen molar-refractivity contribution in [3.8, 4) is 11.1 Å². The second kappa shape index (κ2) is 7.76. The Balaban J connectivity index is 1.76. The molecule has 1 amide bonds. The number of hydrogen-bond donors (Lipinski definition) is 3. The maximum absolute atomic E-state index is 12.0. The number of aliphatic hydroxyl groups is 1. The number of carbonyl (C=O) groups is 1. The Morgan fingerprint density at radius 2 is 2.00 bits per heavy atom. The van der Waals surface area contributed by atoms with Gasteiger partial charge < -0.3 is 21.1 Å². The number of piperidine rings is 1. The molecule has 2 aliphatic rings. The molecular formula is C21H23N3O2S. The summed E-state index contributed by atoms with van der Waals surface area (Å²) in [5.74, 6) is -0.235. The highest BCUT2D eigenvalue weighted by molar-refractivity contribution is 8.05. The topological polar surface area (TPSA) is 78.6 Å². The highest BCUT2D eigenvalue weighted by atomic mass is 32.2. The quantitative estimate of drug-likeness (QED) is 0.713. The van der Waals surface area contributed by atoms with Crippen molar-refractivity contribution in [2.75, 3.05) is 18.0 Å². The minimum Gasteiger partial charge on any atom is -0.369 e. The number of aliphatic hydroxyl groups excluding tert-OH is 1. The minimum absolute atomic E-state index is 0.158. The molecule has 2 heterocycles. The Morgan fingerprint density at radius 3 is 2.70 bits per heavy atom. The summed E-state index contributed by atoms with van der Waals surface area (Å²) >= 11 is 1.14. The van der Waals surface area contributed by atoms with Crippen LogP contribution in [-0.2, 0) is 4.79 Å². The van der Waals surface area contributed by atoms with Crippen LogP contribution in [0, 0.1) is 0 Å². The largest absolute Gasteiger partial charge is 0.369 e. The molecule has 2 atom stereocenters. The fourth-order valence-corrected chi connectivity index (χ4v) is 4.37. The van der Waals surface area contributed by atoms with E-state index in [2.05, 4.69) is 34.5 Å². The number of anilines is 1. The summed E-state index contributed by atoms with van der Waals surface area (Å²) in [6, 6.07) is 16.7. The predicted octanol–water partition coefficient (Wildman–Crippen LogP) is 2.76. The Kier molecular flexibility index (Phi) is 5.20. The summed E-state index contributed by atoms with van der Waals surface area (Å²) in [6.45, 7) is 1.75. The van der Waals surface area contributed by atoms with Crippen LogP contribution in [0.2, 0.25) is 0 Å². The molecule has 4 rings (SSSR count). The summed E-state index contributed by atoms with van der Waals surface area (Å²) in [5.41, 5.74) is 9.67. The number of hydrogen-bond acceptors (Lipinski definition) is 5. The van der Waals surface area contributed by atoms with E-state index in [-0.39, 0.29) is 11.9 Å². The van der Waals surface area contributed by atoms with Crippen LogP contribution in [0.5, 0.6) is 0 Å². The molecule has 1 unspecified atom stereocenters. The maximum Gasteiger partial charge on any atom is 0.260 e. The van der Waals surface area contributed by atoms with Crippen molar-refractivity contribution in [3.63, 3.8) is 0 Å². The van der Waals surface area contributed by atoms with Gasteiger partial charge in [0.25, 0.3) is 5.91 Å². The molecule has 2 fully saturated rings. The lowest BCUT2D eigenvalue weighted by molar-refractivity contribution is -0.117. The summed E-state index contributed by atoms with van der Waals surface area (Å²) in [5, 5.41) is 12.2. The van der Waals surface area contributed by atoms with E-state index in [9.17, 15) is 9.90 Å². The molecule has 0 saturated carbocycles. The highest BCUT2D eigenvalue weighted by Gasteiger charge is 2.26. The third-order valence-electron chi connectivity index (χ3n) is 4.94. The third kappa shape index (κ3) is 4.03. The van der Waals surface area contributed by atoms with Crippen molar-refractivity contribution in [1.82, 2.24) is 5.32 Å². The summed E-state index contributed by atoms with van der Waals surface area (Å²) in [7, 11) is 0. The molecule has 140 valence electrons. The van der Waals surface area contributed by atoms with E-state index >= 15 is 0 Å². The van der Waals surface area contributed by atoms with Gasteiger partial charge in [-0.2, -0.15) is 0 Å². The fourth-order valence-electron chi connectivity index (χ4n) is 3.61. The average Bonchev–Trinajstić information content (AvgIpc) is 2.99. The van der Waals surface area contributed by atoms with E-state index < -0.39 is 5.56 Å². The van der Waals surface area contributed by atoms with Gasteiger partial charge >= 0.3 is 0 Å².